The van der Waals surface area contributed by atoms with E-state index >= 15 is 0 Å². The van der Waals surface area contributed by atoms with Gasteiger partial charge in [0, 0.05) is 27.9 Å². The van der Waals surface area contributed by atoms with Gasteiger partial charge in [0.1, 0.15) is 0 Å². The minimum atomic E-state index is 0.0689. The molecule has 4 heteroatoms. The summed E-state index contributed by atoms with van der Waals surface area (Å²) in [6.45, 7) is 2.18. The number of thiazole rings is 1. The molecule has 0 N–H and O–H groups in total. The van der Waals surface area contributed by atoms with Gasteiger partial charge in [-0.1, -0.05) is 56.1 Å². The maximum absolute atomic E-state index is 4.43. The van der Waals surface area contributed by atoms with E-state index in [2.05, 4.69) is 73.4 Å². The normalized spacial score (nSPS) is 11.7. The standard InChI is InChI=1S/C14H15Br2NS/c1-11-4-2-3-5-13(11)14(8-15,9-16)6-12-7-18-10-17-12/h2-5,7,10H,6,8-9H2,1H3. The lowest BCUT2D eigenvalue weighted by Gasteiger charge is -2.31. The number of benzene rings is 1. The van der Waals surface area contributed by atoms with Crippen LogP contribution >= 0.6 is 43.2 Å². The van der Waals surface area contributed by atoms with Crippen LogP contribution in [0.3, 0.4) is 0 Å². The molecule has 0 bridgehead atoms. The van der Waals surface area contributed by atoms with Gasteiger partial charge in [0.25, 0.3) is 0 Å². The van der Waals surface area contributed by atoms with Gasteiger partial charge in [0.2, 0.25) is 0 Å². The molecule has 0 spiro atoms. The van der Waals surface area contributed by atoms with E-state index in [1.54, 1.807) is 11.3 Å². The molecule has 2 rings (SSSR count). The van der Waals surface area contributed by atoms with Crippen LogP contribution in [0.4, 0.5) is 0 Å². The van der Waals surface area contributed by atoms with Gasteiger partial charge in [-0.15, -0.1) is 11.3 Å². The van der Waals surface area contributed by atoms with E-state index in [0.717, 1.165) is 17.1 Å². The smallest absolute Gasteiger partial charge is 0.0794 e. The van der Waals surface area contributed by atoms with E-state index in [1.165, 1.54) is 16.8 Å². The van der Waals surface area contributed by atoms with Crippen LogP contribution in [0.25, 0.3) is 0 Å². The second-order valence-corrected chi connectivity index (χ2v) is 6.36. The Bertz CT molecular complexity index is 492. The summed E-state index contributed by atoms with van der Waals surface area (Å²) in [6.07, 6.45) is 0.956. The van der Waals surface area contributed by atoms with Crippen molar-refractivity contribution in [3.05, 3.63) is 52.0 Å². The molecule has 0 radical (unpaired) electrons. The van der Waals surface area contributed by atoms with E-state index in [-0.39, 0.29) is 5.41 Å². The summed E-state index contributed by atoms with van der Waals surface area (Å²) in [6, 6.07) is 8.61. The van der Waals surface area contributed by atoms with Gasteiger partial charge >= 0.3 is 0 Å². The fourth-order valence-corrected chi connectivity index (χ4v) is 4.70. The number of halogens is 2. The lowest BCUT2D eigenvalue weighted by Crippen LogP contribution is -2.33. The van der Waals surface area contributed by atoms with Gasteiger partial charge in [0.05, 0.1) is 11.2 Å². The molecular weight excluding hydrogens is 374 g/mol. The highest BCUT2D eigenvalue weighted by Gasteiger charge is 2.32. The average Bonchev–Trinajstić information content (AvgIpc) is 2.90. The molecule has 2 aromatic rings. The number of aryl methyl sites for hydroxylation is 1. The van der Waals surface area contributed by atoms with Gasteiger partial charge < -0.3 is 0 Å². The predicted molar refractivity (Wildman–Crippen MR) is 86.3 cm³/mol. The monoisotopic (exact) mass is 387 g/mol. The Balaban J connectivity index is 2.40. The van der Waals surface area contributed by atoms with Crippen molar-refractivity contribution in [1.29, 1.82) is 0 Å². The number of nitrogens with zero attached hydrogens (tertiary/aromatic N) is 1. The van der Waals surface area contributed by atoms with Crippen molar-refractivity contribution in [2.24, 2.45) is 0 Å². The molecular formula is C14H15Br2NS. The third-order valence-corrected chi connectivity index (χ3v) is 6.01. The zero-order valence-corrected chi connectivity index (χ0v) is 14.2. The highest BCUT2D eigenvalue weighted by Crippen LogP contribution is 2.34. The average molecular weight is 389 g/mol. The summed E-state index contributed by atoms with van der Waals surface area (Å²) in [5.41, 5.74) is 5.88. The van der Waals surface area contributed by atoms with E-state index in [4.69, 9.17) is 0 Å². The van der Waals surface area contributed by atoms with E-state index in [1.807, 2.05) is 5.51 Å². The largest absolute Gasteiger partial charge is 0.250 e. The molecule has 0 saturated carbocycles. The third-order valence-electron chi connectivity index (χ3n) is 3.23. The van der Waals surface area contributed by atoms with Crippen molar-refractivity contribution in [3.8, 4) is 0 Å². The van der Waals surface area contributed by atoms with Crippen molar-refractivity contribution in [3.63, 3.8) is 0 Å². The molecule has 0 aliphatic rings. The Labute approximate surface area is 129 Å². The van der Waals surface area contributed by atoms with Crippen molar-refractivity contribution in [1.82, 2.24) is 4.98 Å². The summed E-state index contributed by atoms with van der Waals surface area (Å²) in [5, 5.41) is 3.99. The zero-order chi connectivity index (χ0) is 13.0. The summed E-state index contributed by atoms with van der Waals surface area (Å²) in [5.74, 6) is 0. The van der Waals surface area contributed by atoms with Crippen molar-refractivity contribution in [2.75, 3.05) is 10.7 Å². The second kappa shape index (κ2) is 6.31. The molecule has 1 aromatic heterocycles. The summed E-state index contributed by atoms with van der Waals surface area (Å²) in [7, 11) is 0. The van der Waals surface area contributed by atoms with E-state index in [0.29, 0.717) is 0 Å². The quantitative estimate of drug-likeness (QED) is 0.675. The van der Waals surface area contributed by atoms with Crippen LogP contribution in [-0.4, -0.2) is 15.6 Å². The highest BCUT2D eigenvalue weighted by atomic mass is 79.9. The van der Waals surface area contributed by atoms with Crippen molar-refractivity contribution in [2.45, 2.75) is 18.8 Å². The Hall–Kier alpha value is -0.190. The van der Waals surface area contributed by atoms with Crippen LogP contribution in [0.15, 0.2) is 35.2 Å². The first kappa shape index (κ1) is 14.2. The van der Waals surface area contributed by atoms with Crippen LogP contribution in [0, 0.1) is 6.92 Å². The molecule has 1 nitrogen and oxygen atoms in total. The second-order valence-electron chi connectivity index (χ2n) is 4.52. The predicted octanol–water partition coefficient (Wildman–Crippen LogP) is 4.72. The lowest BCUT2D eigenvalue weighted by atomic mass is 9.78. The summed E-state index contributed by atoms with van der Waals surface area (Å²) >= 11 is 9.05. The highest BCUT2D eigenvalue weighted by molar-refractivity contribution is 9.09. The molecule has 0 saturated heterocycles. The van der Waals surface area contributed by atoms with Gasteiger partial charge in [-0.2, -0.15) is 0 Å². The number of aromatic nitrogens is 1. The van der Waals surface area contributed by atoms with Crippen molar-refractivity contribution < 1.29 is 0 Å². The molecule has 0 atom stereocenters. The number of rotatable bonds is 5. The van der Waals surface area contributed by atoms with Crippen LogP contribution in [0.5, 0.6) is 0 Å². The molecule has 0 amide bonds. The maximum Gasteiger partial charge on any atom is 0.0794 e. The lowest BCUT2D eigenvalue weighted by molar-refractivity contribution is 0.541. The molecule has 96 valence electrons. The Morgan fingerprint density at radius 1 is 1.22 bits per heavy atom. The zero-order valence-electron chi connectivity index (χ0n) is 10.2. The number of alkyl halides is 2. The van der Waals surface area contributed by atoms with Crippen molar-refractivity contribution >= 4 is 43.2 Å². The number of hydrogen-bond acceptors (Lipinski definition) is 2. The number of hydrogen-bond donors (Lipinski definition) is 0. The maximum atomic E-state index is 4.43. The van der Waals surface area contributed by atoms with E-state index in [9.17, 15) is 0 Å². The first-order valence-electron chi connectivity index (χ1n) is 5.77. The van der Waals surface area contributed by atoms with E-state index < -0.39 is 0 Å². The fraction of sp³-hybridized carbons (Fsp3) is 0.357. The molecule has 0 aliphatic heterocycles. The minimum absolute atomic E-state index is 0.0689. The fourth-order valence-electron chi connectivity index (χ4n) is 2.21. The topological polar surface area (TPSA) is 12.9 Å². The molecule has 0 unspecified atom stereocenters. The first-order valence-corrected chi connectivity index (χ1v) is 8.95. The molecule has 0 aliphatic carbocycles. The van der Waals surface area contributed by atoms with Crippen LogP contribution in [0.2, 0.25) is 0 Å². The molecule has 18 heavy (non-hydrogen) atoms. The third kappa shape index (κ3) is 2.86. The molecule has 1 aromatic carbocycles. The van der Waals surface area contributed by atoms with Gasteiger partial charge in [-0.3, -0.25) is 0 Å². The summed E-state index contributed by atoms with van der Waals surface area (Å²) < 4.78 is 0. The molecule has 0 fully saturated rings. The minimum Gasteiger partial charge on any atom is -0.250 e. The van der Waals surface area contributed by atoms with Gasteiger partial charge in [0.15, 0.2) is 0 Å². The van der Waals surface area contributed by atoms with Crippen LogP contribution in [0.1, 0.15) is 16.8 Å². The van der Waals surface area contributed by atoms with Gasteiger partial charge in [-0.25, -0.2) is 4.98 Å². The Kier molecular flexibility index (Phi) is 4.98. The molecule has 1 heterocycles. The Morgan fingerprint density at radius 2 is 1.94 bits per heavy atom. The van der Waals surface area contributed by atoms with Crippen LogP contribution in [-0.2, 0) is 11.8 Å². The van der Waals surface area contributed by atoms with Gasteiger partial charge in [-0.05, 0) is 18.1 Å². The summed E-state index contributed by atoms with van der Waals surface area (Å²) in [4.78, 5) is 4.43. The SMILES string of the molecule is Cc1ccccc1C(CBr)(CBr)Cc1cscn1. The van der Waals surface area contributed by atoms with Crippen LogP contribution < -0.4 is 0 Å². The Morgan fingerprint density at radius 3 is 2.50 bits per heavy atom. The first-order chi connectivity index (χ1) is 8.72.